The first-order valence-electron chi connectivity index (χ1n) is 8.30. The normalized spacial score (nSPS) is 16.9. The number of piperazine rings is 1. The standard InChI is InChI=1S/C17H25N5O/c1-2-23-12-11-21-7-9-22(10-8-21)13-16-19-15-6-4-3-5-14(15)17(18)20-16/h3-6H,2,7-13H2,1H3,(H2,18,19,20). The van der Waals surface area contributed by atoms with E-state index in [1.807, 2.05) is 31.2 Å². The third kappa shape index (κ3) is 4.16. The van der Waals surface area contributed by atoms with Crippen molar-refractivity contribution in [2.75, 3.05) is 51.7 Å². The molecule has 0 spiro atoms. The van der Waals surface area contributed by atoms with Gasteiger partial charge in [-0.2, -0.15) is 0 Å². The Morgan fingerprint density at radius 2 is 1.83 bits per heavy atom. The molecule has 1 fully saturated rings. The van der Waals surface area contributed by atoms with E-state index < -0.39 is 0 Å². The Balaban J connectivity index is 1.56. The molecule has 3 rings (SSSR count). The van der Waals surface area contributed by atoms with Crippen LogP contribution in [0, 0.1) is 0 Å². The molecule has 1 aliphatic rings. The Morgan fingerprint density at radius 3 is 2.61 bits per heavy atom. The van der Waals surface area contributed by atoms with Gasteiger partial charge in [0.25, 0.3) is 0 Å². The van der Waals surface area contributed by atoms with Gasteiger partial charge in [0.15, 0.2) is 0 Å². The first-order valence-corrected chi connectivity index (χ1v) is 8.30. The van der Waals surface area contributed by atoms with Crippen molar-refractivity contribution in [2.24, 2.45) is 0 Å². The van der Waals surface area contributed by atoms with Gasteiger partial charge in [0, 0.05) is 44.7 Å². The number of nitrogen functional groups attached to an aromatic ring is 1. The fourth-order valence-corrected chi connectivity index (χ4v) is 2.93. The fourth-order valence-electron chi connectivity index (χ4n) is 2.93. The Hall–Kier alpha value is -1.76. The number of para-hydroxylation sites is 1. The van der Waals surface area contributed by atoms with Crippen LogP contribution in [-0.4, -0.2) is 65.7 Å². The number of ether oxygens (including phenoxy) is 1. The molecule has 0 atom stereocenters. The lowest BCUT2D eigenvalue weighted by molar-refractivity contribution is 0.0778. The van der Waals surface area contributed by atoms with E-state index in [1.54, 1.807) is 0 Å². The van der Waals surface area contributed by atoms with Gasteiger partial charge >= 0.3 is 0 Å². The zero-order valence-electron chi connectivity index (χ0n) is 13.7. The van der Waals surface area contributed by atoms with Crippen LogP contribution < -0.4 is 5.73 Å². The average Bonchev–Trinajstić information content (AvgIpc) is 2.57. The van der Waals surface area contributed by atoms with Gasteiger partial charge < -0.3 is 10.5 Å². The van der Waals surface area contributed by atoms with Crippen molar-refractivity contribution in [3.05, 3.63) is 30.1 Å². The number of rotatable bonds is 6. The molecule has 1 aromatic carbocycles. The molecule has 0 bridgehead atoms. The smallest absolute Gasteiger partial charge is 0.145 e. The summed E-state index contributed by atoms with van der Waals surface area (Å²) < 4.78 is 5.42. The van der Waals surface area contributed by atoms with Crippen molar-refractivity contribution in [3.63, 3.8) is 0 Å². The van der Waals surface area contributed by atoms with Crippen LogP contribution in [-0.2, 0) is 11.3 Å². The van der Waals surface area contributed by atoms with Crippen molar-refractivity contribution < 1.29 is 4.74 Å². The Kier molecular flexibility index (Phi) is 5.38. The van der Waals surface area contributed by atoms with Crippen molar-refractivity contribution >= 4 is 16.7 Å². The Morgan fingerprint density at radius 1 is 1.09 bits per heavy atom. The molecule has 1 saturated heterocycles. The first kappa shape index (κ1) is 16.1. The van der Waals surface area contributed by atoms with Crippen molar-refractivity contribution in [2.45, 2.75) is 13.5 Å². The molecule has 6 heteroatoms. The summed E-state index contributed by atoms with van der Waals surface area (Å²) in [6.07, 6.45) is 0. The molecule has 0 unspecified atom stereocenters. The van der Waals surface area contributed by atoms with Crippen LogP contribution >= 0.6 is 0 Å². The number of benzene rings is 1. The monoisotopic (exact) mass is 315 g/mol. The second-order valence-corrected chi connectivity index (χ2v) is 5.86. The summed E-state index contributed by atoms with van der Waals surface area (Å²) in [5.41, 5.74) is 6.98. The van der Waals surface area contributed by atoms with Crippen LogP contribution in [0.3, 0.4) is 0 Å². The molecule has 2 heterocycles. The molecule has 6 nitrogen and oxygen atoms in total. The molecule has 0 saturated carbocycles. The van der Waals surface area contributed by atoms with E-state index in [0.717, 1.165) is 69.2 Å². The van der Waals surface area contributed by atoms with Crippen molar-refractivity contribution in [3.8, 4) is 0 Å². The van der Waals surface area contributed by atoms with Crippen LogP contribution in [0.15, 0.2) is 24.3 Å². The topological polar surface area (TPSA) is 67.5 Å². The molecule has 23 heavy (non-hydrogen) atoms. The molecule has 2 N–H and O–H groups in total. The highest BCUT2D eigenvalue weighted by Crippen LogP contribution is 2.18. The second kappa shape index (κ2) is 7.68. The average molecular weight is 315 g/mol. The summed E-state index contributed by atoms with van der Waals surface area (Å²) >= 11 is 0. The molecule has 2 aromatic rings. The maximum absolute atomic E-state index is 6.06. The van der Waals surface area contributed by atoms with E-state index in [-0.39, 0.29) is 0 Å². The molecule has 1 aromatic heterocycles. The third-order valence-corrected chi connectivity index (χ3v) is 4.26. The van der Waals surface area contributed by atoms with Gasteiger partial charge in [-0.3, -0.25) is 9.80 Å². The number of aromatic nitrogens is 2. The first-order chi connectivity index (χ1) is 11.3. The summed E-state index contributed by atoms with van der Waals surface area (Å²) in [5.74, 6) is 1.38. The summed E-state index contributed by atoms with van der Waals surface area (Å²) in [6.45, 7) is 9.61. The highest BCUT2D eigenvalue weighted by molar-refractivity contribution is 5.87. The third-order valence-electron chi connectivity index (χ3n) is 4.26. The Labute approximate surface area is 137 Å². The molecule has 0 radical (unpaired) electrons. The molecule has 124 valence electrons. The van der Waals surface area contributed by atoms with Crippen LogP contribution in [0.2, 0.25) is 0 Å². The minimum Gasteiger partial charge on any atom is -0.383 e. The summed E-state index contributed by atoms with van der Waals surface area (Å²) in [4.78, 5) is 13.9. The molecule has 1 aliphatic heterocycles. The van der Waals surface area contributed by atoms with E-state index in [4.69, 9.17) is 10.5 Å². The van der Waals surface area contributed by atoms with Crippen LogP contribution in [0.4, 0.5) is 5.82 Å². The lowest BCUT2D eigenvalue weighted by Crippen LogP contribution is -2.47. The van der Waals surface area contributed by atoms with Gasteiger partial charge in [-0.15, -0.1) is 0 Å². The molecular formula is C17H25N5O. The largest absolute Gasteiger partial charge is 0.383 e. The highest BCUT2D eigenvalue weighted by atomic mass is 16.5. The summed E-state index contributed by atoms with van der Waals surface area (Å²) in [6, 6.07) is 7.90. The fraction of sp³-hybridized carbons (Fsp3) is 0.529. The van der Waals surface area contributed by atoms with E-state index in [9.17, 15) is 0 Å². The number of hydrogen-bond donors (Lipinski definition) is 1. The highest BCUT2D eigenvalue weighted by Gasteiger charge is 2.18. The summed E-state index contributed by atoms with van der Waals surface area (Å²) in [7, 11) is 0. The second-order valence-electron chi connectivity index (χ2n) is 5.86. The zero-order valence-corrected chi connectivity index (χ0v) is 13.7. The lowest BCUT2D eigenvalue weighted by Gasteiger charge is -2.34. The zero-order chi connectivity index (χ0) is 16.1. The molecule has 0 aliphatic carbocycles. The van der Waals surface area contributed by atoms with Gasteiger partial charge in [-0.25, -0.2) is 9.97 Å². The van der Waals surface area contributed by atoms with Crippen LogP contribution in [0.25, 0.3) is 10.9 Å². The summed E-state index contributed by atoms with van der Waals surface area (Å²) in [5, 5.41) is 0.928. The SMILES string of the molecule is CCOCCN1CCN(Cc2nc(N)c3ccccc3n2)CC1. The predicted octanol–water partition coefficient (Wildman–Crippen LogP) is 1.37. The van der Waals surface area contributed by atoms with Gasteiger partial charge in [0.1, 0.15) is 11.6 Å². The maximum Gasteiger partial charge on any atom is 0.145 e. The number of anilines is 1. The van der Waals surface area contributed by atoms with Crippen molar-refractivity contribution in [1.29, 1.82) is 0 Å². The van der Waals surface area contributed by atoms with Gasteiger partial charge in [0.2, 0.25) is 0 Å². The van der Waals surface area contributed by atoms with Crippen LogP contribution in [0.5, 0.6) is 0 Å². The van der Waals surface area contributed by atoms with Crippen LogP contribution in [0.1, 0.15) is 12.7 Å². The Bertz CT molecular complexity index is 640. The van der Waals surface area contributed by atoms with Gasteiger partial charge in [-0.1, -0.05) is 12.1 Å². The number of hydrogen-bond acceptors (Lipinski definition) is 6. The predicted molar refractivity (Wildman–Crippen MR) is 92.2 cm³/mol. The number of nitrogens with zero attached hydrogens (tertiary/aromatic N) is 4. The molecule has 0 amide bonds. The molecular weight excluding hydrogens is 290 g/mol. The number of nitrogens with two attached hydrogens (primary N) is 1. The minimum absolute atomic E-state index is 0.570. The maximum atomic E-state index is 6.06. The van der Waals surface area contributed by atoms with E-state index in [1.165, 1.54) is 0 Å². The lowest BCUT2D eigenvalue weighted by atomic mass is 10.2. The quantitative estimate of drug-likeness (QED) is 0.812. The van der Waals surface area contributed by atoms with E-state index >= 15 is 0 Å². The van der Waals surface area contributed by atoms with Gasteiger partial charge in [0.05, 0.1) is 18.7 Å². The van der Waals surface area contributed by atoms with Crippen molar-refractivity contribution in [1.82, 2.24) is 19.8 Å². The number of fused-ring (bicyclic) bond motifs is 1. The van der Waals surface area contributed by atoms with E-state index in [0.29, 0.717) is 5.82 Å². The van der Waals surface area contributed by atoms with Gasteiger partial charge in [-0.05, 0) is 19.1 Å². The van der Waals surface area contributed by atoms with E-state index in [2.05, 4.69) is 19.8 Å². The minimum atomic E-state index is 0.570.